The van der Waals surface area contributed by atoms with Crippen molar-refractivity contribution >= 4 is 45.5 Å². The zero-order chi connectivity index (χ0) is 25.3. The highest BCUT2D eigenvalue weighted by Crippen LogP contribution is 2.30. The van der Waals surface area contributed by atoms with Crippen molar-refractivity contribution in [1.29, 1.82) is 5.26 Å². The van der Waals surface area contributed by atoms with Crippen LogP contribution in [0.15, 0.2) is 78.5 Å². The topological polar surface area (TPSA) is 87.1 Å². The Kier molecular flexibility index (Phi) is 8.63. The highest BCUT2D eigenvalue weighted by molar-refractivity contribution is 14.1. The molecule has 1 amide bonds. The predicted octanol–water partition coefficient (Wildman–Crippen LogP) is 6.02. The lowest BCUT2D eigenvalue weighted by atomic mass is 10.1. The van der Waals surface area contributed by atoms with Crippen molar-refractivity contribution in [3.63, 3.8) is 0 Å². The summed E-state index contributed by atoms with van der Waals surface area (Å²) >= 11 is 2.27. The Balaban J connectivity index is 1.41. The number of nitrogens with zero attached hydrogens (tertiary/aromatic N) is 1. The molecule has 0 fully saturated rings. The second kappa shape index (κ2) is 12.3. The van der Waals surface area contributed by atoms with Crippen LogP contribution < -0.4 is 14.8 Å². The van der Waals surface area contributed by atoms with E-state index >= 15 is 0 Å². The summed E-state index contributed by atoms with van der Waals surface area (Å²) in [6.07, 6.45) is 4.18. The summed E-state index contributed by atoms with van der Waals surface area (Å²) in [7, 11) is 0. The van der Waals surface area contributed by atoms with Crippen molar-refractivity contribution in [1.82, 2.24) is 10.3 Å². The predicted molar refractivity (Wildman–Crippen MR) is 150 cm³/mol. The van der Waals surface area contributed by atoms with E-state index < -0.39 is 5.91 Å². The van der Waals surface area contributed by atoms with Crippen molar-refractivity contribution in [2.24, 2.45) is 0 Å². The molecule has 2 N–H and O–H groups in total. The number of nitrogens with one attached hydrogen (secondary N) is 2. The molecular formula is C29H26IN3O3. The molecule has 4 rings (SSSR count). The monoisotopic (exact) mass is 591 g/mol. The molecule has 0 unspecified atom stereocenters. The molecule has 0 aliphatic rings. The van der Waals surface area contributed by atoms with Crippen LogP contribution in [0.1, 0.15) is 23.6 Å². The highest BCUT2D eigenvalue weighted by atomic mass is 127. The van der Waals surface area contributed by atoms with Gasteiger partial charge in [0.05, 0.1) is 6.61 Å². The average Bonchev–Trinajstić information content (AvgIpc) is 3.31. The number of carbonyl (C=O) groups excluding carboxylic acids is 1. The molecular weight excluding hydrogens is 565 g/mol. The number of ether oxygens (including phenoxy) is 2. The van der Waals surface area contributed by atoms with Gasteiger partial charge in [0.15, 0.2) is 11.5 Å². The van der Waals surface area contributed by atoms with E-state index in [0.29, 0.717) is 43.2 Å². The van der Waals surface area contributed by atoms with E-state index in [1.165, 1.54) is 0 Å². The first-order valence-corrected chi connectivity index (χ1v) is 12.7. The van der Waals surface area contributed by atoms with Crippen LogP contribution in [0.5, 0.6) is 11.5 Å². The number of aromatic nitrogens is 1. The molecule has 0 aliphatic heterocycles. The van der Waals surface area contributed by atoms with Crippen molar-refractivity contribution in [2.75, 3.05) is 13.2 Å². The first-order valence-electron chi connectivity index (χ1n) is 11.7. The first-order chi connectivity index (χ1) is 17.6. The Hall–Kier alpha value is -3.77. The molecule has 0 saturated heterocycles. The van der Waals surface area contributed by atoms with Crippen LogP contribution >= 0.6 is 22.6 Å². The van der Waals surface area contributed by atoms with Crippen molar-refractivity contribution in [2.45, 2.75) is 20.0 Å². The maximum Gasteiger partial charge on any atom is 0.261 e. The molecule has 4 aromatic rings. The largest absolute Gasteiger partial charge is 0.490 e. The summed E-state index contributed by atoms with van der Waals surface area (Å²) in [5.41, 5.74) is 3.95. The molecule has 0 bridgehead atoms. The quantitative estimate of drug-likeness (QED) is 0.134. The average molecular weight is 591 g/mol. The van der Waals surface area contributed by atoms with Gasteiger partial charge in [-0.15, -0.1) is 0 Å². The number of carbonyl (C=O) groups is 1. The summed E-state index contributed by atoms with van der Waals surface area (Å²) < 4.78 is 12.9. The SMILES string of the molecule is CCOc1cc(/C=C(/C#N)C(=O)NCCc2c[nH]c3ccccc23)ccc1OCc1ccc(I)cc1. The molecule has 182 valence electrons. The van der Waals surface area contributed by atoms with Gasteiger partial charge in [-0.1, -0.05) is 36.4 Å². The van der Waals surface area contributed by atoms with Gasteiger partial charge in [-0.3, -0.25) is 4.79 Å². The third-order valence-electron chi connectivity index (χ3n) is 5.61. The minimum absolute atomic E-state index is 0.0314. The summed E-state index contributed by atoms with van der Waals surface area (Å²) in [6, 6.07) is 23.5. The van der Waals surface area contributed by atoms with E-state index in [-0.39, 0.29) is 5.57 Å². The highest BCUT2D eigenvalue weighted by Gasteiger charge is 2.12. The molecule has 1 aromatic heterocycles. The molecule has 0 radical (unpaired) electrons. The van der Waals surface area contributed by atoms with Gasteiger partial charge in [0.1, 0.15) is 18.2 Å². The van der Waals surface area contributed by atoms with Crippen molar-refractivity contribution in [3.8, 4) is 17.6 Å². The molecule has 0 atom stereocenters. The minimum Gasteiger partial charge on any atom is -0.490 e. The van der Waals surface area contributed by atoms with Crippen LogP contribution in [-0.2, 0) is 17.8 Å². The minimum atomic E-state index is -0.408. The molecule has 0 saturated carbocycles. The Morgan fingerprint density at radius 3 is 2.67 bits per heavy atom. The summed E-state index contributed by atoms with van der Waals surface area (Å²) in [5, 5.41) is 13.6. The van der Waals surface area contributed by atoms with Crippen LogP contribution in [0, 0.1) is 14.9 Å². The van der Waals surface area contributed by atoms with Gasteiger partial charge in [0, 0.05) is 27.2 Å². The van der Waals surface area contributed by atoms with Gasteiger partial charge < -0.3 is 19.8 Å². The summed E-state index contributed by atoms with van der Waals surface area (Å²) in [5.74, 6) is 0.761. The molecule has 0 spiro atoms. The van der Waals surface area contributed by atoms with E-state index in [9.17, 15) is 10.1 Å². The Morgan fingerprint density at radius 2 is 1.89 bits per heavy atom. The second-order valence-electron chi connectivity index (χ2n) is 8.09. The molecule has 6 nitrogen and oxygen atoms in total. The molecule has 36 heavy (non-hydrogen) atoms. The molecule has 7 heteroatoms. The molecule has 3 aromatic carbocycles. The number of fused-ring (bicyclic) bond motifs is 1. The lowest BCUT2D eigenvalue weighted by Gasteiger charge is -2.13. The fourth-order valence-electron chi connectivity index (χ4n) is 3.80. The Bertz CT molecular complexity index is 1420. The molecule has 0 aliphatic carbocycles. The van der Waals surface area contributed by atoms with Crippen LogP contribution in [0.3, 0.4) is 0 Å². The van der Waals surface area contributed by atoms with Gasteiger partial charge in [-0.25, -0.2) is 0 Å². The second-order valence-corrected chi connectivity index (χ2v) is 9.34. The standard InChI is InChI=1S/C29H26IN3O3/c1-2-35-28-16-21(9-12-27(28)36-19-20-7-10-24(30)11-8-20)15-23(17-31)29(34)32-14-13-22-18-33-26-6-4-3-5-25(22)26/h3-12,15-16,18,33H,2,13-14,19H2,1H3,(H,32,34)/b23-15-. The number of hydrogen-bond acceptors (Lipinski definition) is 4. The smallest absolute Gasteiger partial charge is 0.261 e. The maximum atomic E-state index is 12.7. The Morgan fingerprint density at radius 1 is 1.08 bits per heavy atom. The number of para-hydroxylation sites is 1. The van der Waals surface area contributed by atoms with Gasteiger partial charge in [-0.2, -0.15) is 5.26 Å². The number of hydrogen-bond donors (Lipinski definition) is 2. The number of halogens is 1. The fraction of sp³-hybridized carbons (Fsp3) is 0.172. The number of nitriles is 1. The Labute approximate surface area is 224 Å². The van der Waals surface area contributed by atoms with Crippen LogP contribution in [-0.4, -0.2) is 24.0 Å². The maximum absolute atomic E-state index is 12.7. The number of benzene rings is 3. The number of rotatable bonds is 10. The van der Waals surface area contributed by atoms with Crippen LogP contribution in [0.4, 0.5) is 0 Å². The number of aromatic amines is 1. The zero-order valence-electron chi connectivity index (χ0n) is 19.9. The number of H-pyrrole nitrogens is 1. The van der Waals surface area contributed by atoms with E-state index in [0.717, 1.165) is 25.6 Å². The van der Waals surface area contributed by atoms with E-state index in [2.05, 4.69) is 32.9 Å². The number of amides is 1. The normalized spacial score (nSPS) is 11.2. The lowest BCUT2D eigenvalue weighted by Crippen LogP contribution is -2.26. The van der Waals surface area contributed by atoms with Crippen LogP contribution in [0.2, 0.25) is 0 Å². The molecule has 1 heterocycles. The third kappa shape index (κ3) is 6.46. The van der Waals surface area contributed by atoms with Gasteiger partial charge in [0.25, 0.3) is 5.91 Å². The van der Waals surface area contributed by atoms with E-state index in [1.807, 2.05) is 73.8 Å². The van der Waals surface area contributed by atoms with Crippen molar-refractivity contribution < 1.29 is 14.3 Å². The van der Waals surface area contributed by atoms with Gasteiger partial charge >= 0.3 is 0 Å². The summed E-state index contributed by atoms with van der Waals surface area (Å²) in [4.78, 5) is 15.9. The van der Waals surface area contributed by atoms with Gasteiger partial charge in [-0.05, 0) is 89.0 Å². The third-order valence-corrected chi connectivity index (χ3v) is 6.33. The fourth-order valence-corrected chi connectivity index (χ4v) is 4.16. The van der Waals surface area contributed by atoms with Crippen molar-refractivity contribution in [3.05, 3.63) is 98.8 Å². The van der Waals surface area contributed by atoms with Crippen LogP contribution in [0.25, 0.3) is 17.0 Å². The summed E-state index contributed by atoms with van der Waals surface area (Å²) in [6.45, 7) is 3.20. The van der Waals surface area contributed by atoms with Gasteiger partial charge in [0.2, 0.25) is 0 Å². The van der Waals surface area contributed by atoms with E-state index in [1.54, 1.807) is 18.2 Å². The zero-order valence-corrected chi connectivity index (χ0v) is 22.0. The van der Waals surface area contributed by atoms with E-state index in [4.69, 9.17) is 9.47 Å². The first kappa shape index (κ1) is 25.3. The lowest BCUT2D eigenvalue weighted by molar-refractivity contribution is -0.117.